The van der Waals surface area contributed by atoms with Crippen molar-refractivity contribution in [2.24, 2.45) is 0 Å². The highest BCUT2D eigenvalue weighted by Gasteiger charge is 2.12. The molecule has 2 aromatic heterocycles. The van der Waals surface area contributed by atoms with E-state index in [1.165, 1.54) is 0 Å². The summed E-state index contributed by atoms with van der Waals surface area (Å²) in [6.45, 7) is 4.30. The van der Waals surface area contributed by atoms with Crippen molar-refractivity contribution in [2.45, 2.75) is 20.4 Å². The quantitative estimate of drug-likeness (QED) is 0.549. The number of thiazole rings is 1. The number of fused-ring (bicyclic) bond motifs is 1. The number of benzene rings is 2. The van der Waals surface area contributed by atoms with Gasteiger partial charge in [0.15, 0.2) is 10.8 Å². The molecule has 130 valence electrons. The van der Waals surface area contributed by atoms with E-state index in [2.05, 4.69) is 10.3 Å². The summed E-state index contributed by atoms with van der Waals surface area (Å²) in [6, 6.07) is 17.6. The third kappa shape index (κ3) is 3.26. The van der Waals surface area contributed by atoms with Crippen molar-refractivity contribution in [1.82, 2.24) is 10.3 Å². The Balaban J connectivity index is 1.47. The molecule has 0 fully saturated rings. The minimum absolute atomic E-state index is 0.0968. The fourth-order valence-electron chi connectivity index (χ4n) is 2.90. The van der Waals surface area contributed by atoms with E-state index >= 15 is 0 Å². The summed E-state index contributed by atoms with van der Waals surface area (Å²) < 4.78 is 7.00. The van der Waals surface area contributed by atoms with E-state index < -0.39 is 0 Å². The first-order valence-electron chi connectivity index (χ1n) is 8.40. The highest BCUT2D eigenvalue weighted by atomic mass is 32.1. The maximum Gasteiger partial charge on any atom is 0.251 e. The molecule has 1 N–H and O–H groups in total. The van der Waals surface area contributed by atoms with Gasteiger partial charge in [0.2, 0.25) is 0 Å². The van der Waals surface area contributed by atoms with Crippen LogP contribution in [0.2, 0.25) is 0 Å². The Morgan fingerprint density at radius 3 is 2.77 bits per heavy atom. The molecule has 4 rings (SSSR count). The van der Waals surface area contributed by atoms with Gasteiger partial charge >= 0.3 is 0 Å². The molecule has 2 aromatic carbocycles. The van der Waals surface area contributed by atoms with Crippen molar-refractivity contribution >= 4 is 27.5 Å². The standard InChI is InChI=1S/C21H18N2O2S/c1-13-7-9-16(14(2)11-13)20(24)22-12-15-8-10-18(25-15)21-23-17-5-3-4-6-19(17)26-21/h3-11H,12H2,1-2H3,(H,22,24). The van der Waals surface area contributed by atoms with Crippen LogP contribution >= 0.6 is 11.3 Å². The zero-order chi connectivity index (χ0) is 18.1. The first-order chi connectivity index (χ1) is 12.6. The Morgan fingerprint density at radius 1 is 1.12 bits per heavy atom. The predicted molar refractivity (Wildman–Crippen MR) is 104 cm³/mol. The predicted octanol–water partition coefficient (Wildman–Crippen LogP) is 5.10. The van der Waals surface area contributed by atoms with Gasteiger partial charge in [0.25, 0.3) is 5.91 Å². The summed E-state index contributed by atoms with van der Waals surface area (Å²) in [5.41, 5.74) is 3.77. The van der Waals surface area contributed by atoms with E-state index in [0.29, 0.717) is 17.9 Å². The van der Waals surface area contributed by atoms with E-state index in [-0.39, 0.29) is 5.91 Å². The molecule has 0 saturated heterocycles. The molecule has 0 aliphatic heterocycles. The van der Waals surface area contributed by atoms with Gasteiger partial charge < -0.3 is 9.73 Å². The first kappa shape index (κ1) is 16.5. The van der Waals surface area contributed by atoms with E-state index in [0.717, 1.165) is 32.1 Å². The molecule has 1 amide bonds. The zero-order valence-corrected chi connectivity index (χ0v) is 15.4. The number of amides is 1. The van der Waals surface area contributed by atoms with Crippen molar-refractivity contribution < 1.29 is 9.21 Å². The van der Waals surface area contributed by atoms with Gasteiger partial charge in [-0.25, -0.2) is 4.98 Å². The smallest absolute Gasteiger partial charge is 0.251 e. The van der Waals surface area contributed by atoms with Gasteiger partial charge in [0.05, 0.1) is 16.8 Å². The van der Waals surface area contributed by atoms with Gasteiger partial charge in [-0.1, -0.05) is 29.8 Å². The second-order valence-corrected chi connectivity index (χ2v) is 7.28. The van der Waals surface area contributed by atoms with Gasteiger partial charge in [0.1, 0.15) is 5.76 Å². The number of aryl methyl sites for hydroxylation is 2. The second kappa shape index (κ2) is 6.77. The van der Waals surface area contributed by atoms with Gasteiger partial charge in [-0.3, -0.25) is 4.79 Å². The number of nitrogens with one attached hydrogen (secondary N) is 1. The topological polar surface area (TPSA) is 55.1 Å². The maximum atomic E-state index is 12.4. The number of carbonyl (C=O) groups is 1. The lowest BCUT2D eigenvalue weighted by molar-refractivity contribution is 0.0947. The fourth-order valence-corrected chi connectivity index (χ4v) is 3.82. The summed E-state index contributed by atoms with van der Waals surface area (Å²) in [5.74, 6) is 1.33. The molecule has 4 nitrogen and oxygen atoms in total. The third-order valence-electron chi connectivity index (χ3n) is 4.22. The summed E-state index contributed by atoms with van der Waals surface area (Å²) in [5, 5.41) is 3.76. The summed E-state index contributed by atoms with van der Waals surface area (Å²) >= 11 is 1.60. The molecule has 4 aromatic rings. The van der Waals surface area contributed by atoms with Crippen molar-refractivity contribution in [1.29, 1.82) is 0 Å². The molecule has 0 spiro atoms. The van der Waals surface area contributed by atoms with Crippen molar-refractivity contribution in [3.8, 4) is 10.8 Å². The van der Waals surface area contributed by atoms with E-state index in [1.807, 2.05) is 68.4 Å². The van der Waals surface area contributed by atoms with Gasteiger partial charge in [-0.15, -0.1) is 11.3 Å². The van der Waals surface area contributed by atoms with Gasteiger partial charge in [0, 0.05) is 5.56 Å². The van der Waals surface area contributed by atoms with E-state index in [4.69, 9.17) is 4.42 Å². The molecule has 0 atom stereocenters. The SMILES string of the molecule is Cc1ccc(C(=O)NCc2ccc(-c3nc4ccccc4s3)o2)c(C)c1. The number of rotatable bonds is 4. The fraction of sp³-hybridized carbons (Fsp3) is 0.143. The number of carbonyl (C=O) groups excluding carboxylic acids is 1. The van der Waals surface area contributed by atoms with Crippen LogP contribution in [-0.2, 0) is 6.54 Å². The lowest BCUT2D eigenvalue weighted by atomic mass is 10.1. The van der Waals surface area contributed by atoms with Crippen LogP contribution in [0.4, 0.5) is 0 Å². The molecule has 2 heterocycles. The molecule has 0 aliphatic rings. The number of hydrogen-bond donors (Lipinski definition) is 1. The highest BCUT2D eigenvalue weighted by Crippen LogP contribution is 2.31. The van der Waals surface area contributed by atoms with Crippen LogP contribution in [0.3, 0.4) is 0 Å². The van der Waals surface area contributed by atoms with Crippen LogP contribution < -0.4 is 5.32 Å². The Kier molecular flexibility index (Phi) is 4.31. The Morgan fingerprint density at radius 2 is 1.96 bits per heavy atom. The summed E-state index contributed by atoms with van der Waals surface area (Å²) in [6.07, 6.45) is 0. The zero-order valence-electron chi connectivity index (χ0n) is 14.6. The molecule has 26 heavy (non-hydrogen) atoms. The molecule has 0 unspecified atom stereocenters. The average molecular weight is 362 g/mol. The van der Waals surface area contributed by atoms with Crippen molar-refractivity contribution in [3.05, 3.63) is 77.0 Å². The van der Waals surface area contributed by atoms with Crippen LogP contribution in [-0.4, -0.2) is 10.9 Å². The normalized spacial score (nSPS) is 11.0. The summed E-state index contributed by atoms with van der Waals surface area (Å²) in [7, 11) is 0. The molecular formula is C21H18N2O2S. The average Bonchev–Trinajstić information content (AvgIpc) is 3.26. The Labute approximate surface area is 155 Å². The second-order valence-electron chi connectivity index (χ2n) is 6.25. The van der Waals surface area contributed by atoms with Crippen LogP contribution in [0.1, 0.15) is 27.2 Å². The molecule has 0 radical (unpaired) electrons. The lowest BCUT2D eigenvalue weighted by Crippen LogP contribution is -2.23. The minimum Gasteiger partial charge on any atom is -0.457 e. The summed E-state index contributed by atoms with van der Waals surface area (Å²) in [4.78, 5) is 17.0. The van der Waals surface area contributed by atoms with Crippen LogP contribution in [0.15, 0.2) is 59.0 Å². The molecular weight excluding hydrogens is 344 g/mol. The number of aromatic nitrogens is 1. The Bertz CT molecular complexity index is 1060. The van der Waals surface area contributed by atoms with E-state index in [1.54, 1.807) is 11.3 Å². The largest absolute Gasteiger partial charge is 0.457 e. The Hall–Kier alpha value is -2.92. The van der Waals surface area contributed by atoms with Crippen molar-refractivity contribution in [2.75, 3.05) is 0 Å². The van der Waals surface area contributed by atoms with Crippen LogP contribution in [0, 0.1) is 13.8 Å². The molecule has 0 aliphatic carbocycles. The lowest BCUT2D eigenvalue weighted by Gasteiger charge is -2.07. The van der Waals surface area contributed by atoms with Crippen LogP contribution in [0.25, 0.3) is 21.0 Å². The number of para-hydroxylation sites is 1. The van der Waals surface area contributed by atoms with Gasteiger partial charge in [-0.2, -0.15) is 0 Å². The highest BCUT2D eigenvalue weighted by molar-refractivity contribution is 7.21. The van der Waals surface area contributed by atoms with Crippen molar-refractivity contribution in [3.63, 3.8) is 0 Å². The first-order valence-corrected chi connectivity index (χ1v) is 9.22. The number of nitrogens with zero attached hydrogens (tertiary/aromatic N) is 1. The number of furan rings is 1. The number of hydrogen-bond acceptors (Lipinski definition) is 4. The van der Waals surface area contributed by atoms with Gasteiger partial charge in [-0.05, 0) is 49.7 Å². The molecule has 5 heteroatoms. The van der Waals surface area contributed by atoms with E-state index in [9.17, 15) is 4.79 Å². The molecule has 0 saturated carbocycles. The van der Waals surface area contributed by atoms with Crippen LogP contribution in [0.5, 0.6) is 0 Å². The minimum atomic E-state index is -0.0968. The maximum absolute atomic E-state index is 12.4. The third-order valence-corrected chi connectivity index (χ3v) is 5.27. The monoisotopic (exact) mass is 362 g/mol. The molecule has 0 bridgehead atoms.